The average Bonchev–Trinajstić information content (AvgIpc) is 3.31. The molecule has 0 amide bonds. The van der Waals surface area contributed by atoms with E-state index in [1.165, 1.54) is 25.2 Å². The van der Waals surface area contributed by atoms with Gasteiger partial charge in [-0.2, -0.15) is 36.7 Å². The van der Waals surface area contributed by atoms with E-state index in [-0.39, 0.29) is 10.6 Å². The van der Waals surface area contributed by atoms with Gasteiger partial charge >= 0.3 is 12.4 Å². The number of pyridine rings is 1. The molecule has 3 heterocycles. The Labute approximate surface area is 181 Å². The number of alkyl halides is 6. The van der Waals surface area contributed by atoms with Crippen molar-refractivity contribution in [2.75, 3.05) is 0 Å². The molecule has 6 nitrogen and oxygen atoms in total. The van der Waals surface area contributed by atoms with Crippen LogP contribution in [0.2, 0.25) is 0 Å². The van der Waals surface area contributed by atoms with E-state index < -0.39 is 43.4 Å². The van der Waals surface area contributed by atoms with E-state index in [9.17, 15) is 40.0 Å². The van der Waals surface area contributed by atoms with Crippen LogP contribution in [-0.2, 0) is 29.2 Å². The van der Waals surface area contributed by atoms with Gasteiger partial charge in [0.25, 0.3) is 0 Å². The molecule has 3 aromatic rings. The summed E-state index contributed by atoms with van der Waals surface area (Å²) < 4.78 is 103. The summed E-state index contributed by atoms with van der Waals surface area (Å²) in [6, 6.07) is 6.26. The second-order valence-electron chi connectivity index (χ2n) is 6.24. The van der Waals surface area contributed by atoms with Gasteiger partial charge < -0.3 is 0 Å². The van der Waals surface area contributed by atoms with Gasteiger partial charge in [-0.1, -0.05) is 0 Å². The third-order valence-electron chi connectivity index (χ3n) is 4.06. The summed E-state index contributed by atoms with van der Waals surface area (Å²) in [5.41, 5.74) is -2.14. The van der Waals surface area contributed by atoms with Crippen LogP contribution < -0.4 is 0 Å². The highest BCUT2D eigenvalue weighted by Crippen LogP contribution is 2.35. The summed E-state index contributed by atoms with van der Waals surface area (Å²) in [7, 11) is -3.22. The van der Waals surface area contributed by atoms with Crippen molar-refractivity contribution in [3.8, 4) is 16.6 Å². The fraction of sp³-hybridized carbons (Fsp3) is 0.167. The summed E-state index contributed by atoms with van der Waals surface area (Å²) in [5.74, 6) is 0. The number of allylic oxidation sites excluding steroid dienone is 1. The van der Waals surface area contributed by atoms with Crippen molar-refractivity contribution >= 4 is 27.3 Å². The van der Waals surface area contributed by atoms with Crippen molar-refractivity contribution in [1.29, 1.82) is 5.26 Å². The maximum absolute atomic E-state index is 12.8. The van der Waals surface area contributed by atoms with Gasteiger partial charge in [-0.3, -0.25) is 4.68 Å². The van der Waals surface area contributed by atoms with Gasteiger partial charge in [0, 0.05) is 18.1 Å². The molecule has 0 fully saturated rings. The highest BCUT2D eigenvalue weighted by molar-refractivity contribution is 7.95. The SMILES string of the molecule is Cn1nc(C(F)(F)F)cc1-c1ccc(C=C(C#N)S(=O)(=O)c2ccc(C(F)(F)F)cn2)s1. The number of halogens is 6. The molecule has 14 heteroatoms. The van der Waals surface area contributed by atoms with E-state index in [4.69, 9.17) is 0 Å². The zero-order valence-electron chi connectivity index (χ0n) is 15.7. The maximum Gasteiger partial charge on any atom is 0.435 e. The van der Waals surface area contributed by atoms with Crippen molar-refractivity contribution in [3.63, 3.8) is 0 Å². The number of aryl methyl sites for hydroxylation is 1. The monoisotopic (exact) mass is 492 g/mol. The summed E-state index contributed by atoms with van der Waals surface area (Å²) in [6.45, 7) is 0. The van der Waals surface area contributed by atoms with Crippen molar-refractivity contribution < 1.29 is 34.8 Å². The maximum atomic E-state index is 12.8. The second-order valence-corrected chi connectivity index (χ2v) is 9.23. The van der Waals surface area contributed by atoms with Crippen LogP contribution in [0.15, 0.2) is 46.5 Å². The summed E-state index contributed by atoms with van der Waals surface area (Å²) in [6.07, 6.45) is -8.06. The molecule has 168 valence electrons. The number of sulfone groups is 1. The molecule has 0 aliphatic heterocycles. The van der Waals surface area contributed by atoms with Crippen LogP contribution in [0.25, 0.3) is 16.6 Å². The van der Waals surface area contributed by atoms with Gasteiger partial charge in [-0.15, -0.1) is 11.3 Å². The van der Waals surface area contributed by atoms with Crippen molar-refractivity contribution in [2.45, 2.75) is 17.4 Å². The van der Waals surface area contributed by atoms with Crippen LogP contribution in [0.1, 0.15) is 16.1 Å². The molecule has 0 saturated heterocycles. The Morgan fingerprint density at radius 2 is 1.81 bits per heavy atom. The first-order valence-electron chi connectivity index (χ1n) is 8.35. The molecule has 0 saturated carbocycles. The molecule has 0 unspecified atom stereocenters. The summed E-state index contributed by atoms with van der Waals surface area (Å²) in [4.78, 5) is 3.04. The summed E-state index contributed by atoms with van der Waals surface area (Å²) >= 11 is 0.896. The molecule has 0 atom stereocenters. The molecule has 0 aliphatic carbocycles. The highest BCUT2D eigenvalue weighted by atomic mass is 32.2. The number of nitriles is 1. The molecular formula is C18H10F6N4O2S2. The fourth-order valence-electron chi connectivity index (χ4n) is 2.52. The van der Waals surface area contributed by atoms with Crippen LogP contribution in [0.4, 0.5) is 26.3 Å². The smallest absolute Gasteiger partial charge is 0.267 e. The van der Waals surface area contributed by atoms with Crippen molar-refractivity contribution in [2.24, 2.45) is 7.05 Å². The lowest BCUT2D eigenvalue weighted by Gasteiger charge is -2.07. The second kappa shape index (κ2) is 8.06. The topological polar surface area (TPSA) is 88.6 Å². The number of nitrogens with zero attached hydrogens (tertiary/aromatic N) is 4. The van der Waals surface area contributed by atoms with Crippen LogP contribution in [-0.4, -0.2) is 23.2 Å². The number of aromatic nitrogens is 3. The molecule has 0 aromatic carbocycles. The Hall–Kier alpha value is -3.18. The van der Waals surface area contributed by atoms with E-state index in [2.05, 4.69) is 10.1 Å². The highest BCUT2D eigenvalue weighted by Gasteiger charge is 2.35. The Balaban J connectivity index is 1.95. The lowest BCUT2D eigenvalue weighted by atomic mass is 10.3. The van der Waals surface area contributed by atoms with Crippen LogP contribution >= 0.6 is 11.3 Å². The predicted molar refractivity (Wildman–Crippen MR) is 102 cm³/mol. The summed E-state index contributed by atoms with van der Waals surface area (Å²) in [5, 5.41) is 11.9. The third kappa shape index (κ3) is 4.68. The Morgan fingerprint density at radius 3 is 2.31 bits per heavy atom. The van der Waals surface area contributed by atoms with Crippen LogP contribution in [0, 0.1) is 11.3 Å². The first-order chi connectivity index (χ1) is 14.7. The lowest BCUT2D eigenvalue weighted by molar-refractivity contribution is -0.141. The Kier molecular flexibility index (Phi) is 5.92. The van der Waals surface area contributed by atoms with E-state index in [0.29, 0.717) is 23.2 Å². The molecule has 32 heavy (non-hydrogen) atoms. The predicted octanol–water partition coefficient (Wildman–Crippen LogP) is 4.92. The quantitative estimate of drug-likeness (QED) is 0.381. The first-order valence-corrected chi connectivity index (χ1v) is 10.6. The van der Waals surface area contributed by atoms with Gasteiger partial charge in [-0.05, 0) is 36.4 Å². The fourth-order valence-corrected chi connectivity index (χ4v) is 4.66. The van der Waals surface area contributed by atoms with E-state index in [1.807, 2.05) is 0 Å². The standard InChI is InChI=1S/C18H10F6N4O2S2/c1-28-13(7-15(27-28)18(22,23)24)14-4-3-11(31-14)6-12(8-25)32(29,30)16-5-2-10(9-26-16)17(19,20)21/h2-7,9H,1H3. The molecule has 0 spiro atoms. The third-order valence-corrected chi connectivity index (χ3v) is 6.70. The van der Waals surface area contributed by atoms with Gasteiger partial charge in [0.15, 0.2) is 15.6 Å². The first kappa shape index (κ1) is 23.5. The Bertz CT molecular complexity index is 1330. The minimum atomic E-state index is -4.71. The molecule has 3 aromatic heterocycles. The number of hydrogen-bond acceptors (Lipinski definition) is 6. The van der Waals surface area contributed by atoms with Crippen LogP contribution in [0.3, 0.4) is 0 Å². The largest absolute Gasteiger partial charge is 0.435 e. The zero-order valence-corrected chi connectivity index (χ0v) is 17.4. The number of thiophene rings is 1. The van der Waals surface area contributed by atoms with Gasteiger partial charge in [0.05, 0.1) is 16.1 Å². The molecular weight excluding hydrogens is 482 g/mol. The lowest BCUT2D eigenvalue weighted by Crippen LogP contribution is -2.09. The van der Waals surface area contributed by atoms with Crippen LogP contribution in [0.5, 0.6) is 0 Å². The van der Waals surface area contributed by atoms with E-state index in [1.54, 1.807) is 0 Å². The normalized spacial score (nSPS) is 13.2. The Morgan fingerprint density at radius 1 is 1.12 bits per heavy atom. The van der Waals surface area contributed by atoms with Gasteiger partial charge in [0.1, 0.15) is 6.07 Å². The van der Waals surface area contributed by atoms with Gasteiger partial charge in [-0.25, -0.2) is 13.4 Å². The minimum absolute atomic E-state index is 0.118. The molecule has 0 aliphatic rings. The average molecular weight is 492 g/mol. The van der Waals surface area contributed by atoms with Gasteiger partial charge in [0.2, 0.25) is 9.84 Å². The number of hydrogen-bond donors (Lipinski definition) is 0. The molecule has 3 rings (SSSR count). The van der Waals surface area contributed by atoms with E-state index >= 15 is 0 Å². The van der Waals surface area contributed by atoms with E-state index in [0.717, 1.165) is 28.2 Å². The molecule has 0 bridgehead atoms. The van der Waals surface area contributed by atoms with Crippen molar-refractivity contribution in [3.05, 3.63) is 57.6 Å². The minimum Gasteiger partial charge on any atom is -0.267 e. The molecule has 0 radical (unpaired) electrons. The molecule has 0 N–H and O–H groups in total. The van der Waals surface area contributed by atoms with Crippen molar-refractivity contribution in [1.82, 2.24) is 14.8 Å². The zero-order chi connectivity index (χ0) is 23.9. The number of rotatable bonds is 4.